The molecule has 4 aromatic rings. The Balaban J connectivity index is 1.58. The molecule has 1 aromatic heterocycles. The lowest BCUT2D eigenvalue weighted by molar-refractivity contribution is 0.122. The summed E-state index contributed by atoms with van der Waals surface area (Å²) in [5.41, 5.74) is 8.29. The van der Waals surface area contributed by atoms with Crippen LogP contribution in [-0.4, -0.2) is 47.5 Å². The molecule has 2 heterocycles. The summed E-state index contributed by atoms with van der Waals surface area (Å²) in [7, 11) is 0. The average Bonchev–Trinajstić information content (AvgIpc) is 2.92. The van der Waals surface area contributed by atoms with Crippen molar-refractivity contribution in [2.24, 2.45) is 5.10 Å². The number of ether oxygens (including phenoxy) is 1. The fraction of sp³-hybridized carbons (Fsp3) is 0.154. The van der Waals surface area contributed by atoms with E-state index >= 15 is 0 Å². The number of hydrogen-bond acceptors (Lipinski definition) is 8. The van der Waals surface area contributed by atoms with Gasteiger partial charge < -0.3 is 14.5 Å². The summed E-state index contributed by atoms with van der Waals surface area (Å²) in [5.74, 6) is 0.398. The van der Waals surface area contributed by atoms with Crippen LogP contribution in [0.1, 0.15) is 5.56 Å². The van der Waals surface area contributed by atoms with E-state index in [1.54, 1.807) is 0 Å². The SMILES string of the molecule is Ic1cc(/C=N/Nc2ncncn2)c(N2CCOCC2)cc1N(c1ccccc1)c1ccccc1. The maximum absolute atomic E-state index is 5.62. The van der Waals surface area contributed by atoms with Crippen LogP contribution in [0.5, 0.6) is 0 Å². The Morgan fingerprint density at radius 1 is 0.914 bits per heavy atom. The molecule has 9 heteroatoms. The van der Waals surface area contributed by atoms with Crippen molar-refractivity contribution in [3.63, 3.8) is 0 Å². The average molecular weight is 577 g/mol. The molecule has 0 bridgehead atoms. The van der Waals surface area contributed by atoms with Gasteiger partial charge >= 0.3 is 0 Å². The number of hydrazone groups is 1. The molecule has 1 aliphatic heterocycles. The van der Waals surface area contributed by atoms with Crippen molar-refractivity contribution in [2.45, 2.75) is 0 Å². The summed E-state index contributed by atoms with van der Waals surface area (Å²) in [4.78, 5) is 16.6. The van der Waals surface area contributed by atoms with Gasteiger partial charge in [-0.05, 0) is 59.0 Å². The van der Waals surface area contributed by atoms with Gasteiger partial charge in [0.25, 0.3) is 0 Å². The predicted molar refractivity (Wildman–Crippen MR) is 148 cm³/mol. The quantitative estimate of drug-likeness (QED) is 0.183. The van der Waals surface area contributed by atoms with Crippen LogP contribution in [0.15, 0.2) is 90.6 Å². The third kappa shape index (κ3) is 5.57. The normalized spacial score (nSPS) is 13.7. The third-order valence-corrected chi connectivity index (χ3v) is 6.44. The lowest BCUT2D eigenvalue weighted by Gasteiger charge is -2.33. The molecule has 1 saturated heterocycles. The molecule has 1 fully saturated rings. The van der Waals surface area contributed by atoms with Crippen LogP contribution in [-0.2, 0) is 4.74 Å². The molecule has 0 atom stereocenters. The molecule has 0 amide bonds. The van der Waals surface area contributed by atoms with Crippen molar-refractivity contribution in [1.29, 1.82) is 0 Å². The number of anilines is 5. The zero-order valence-electron chi connectivity index (χ0n) is 19.0. The van der Waals surface area contributed by atoms with E-state index in [1.807, 2.05) is 18.3 Å². The lowest BCUT2D eigenvalue weighted by atomic mass is 10.1. The number of benzene rings is 3. The van der Waals surface area contributed by atoms with Crippen LogP contribution >= 0.6 is 22.6 Å². The van der Waals surface area contributed by atoms with E-state index in [-0.39, 0.29) is 0 Å². The van der Waals surface area contributed by atoms with Crippen molar-refractivity contribution >= 4 is 57.5 Å². The first-order valence-corrected chi connectivity index (χ1v) is 12.3. The van der Waals surface area contributed by atoms with Gasteiger partial charge in [-0.1, -0.05) is 36.4 Å². The zero-order chi connectivity index (χ0) is 23.9. The molecular formula is C26H24IN7O. The van der Waals surface area contributed by atoms with Gasteiger partial charge in [0.15, 0.2) is 0 Å². The summed E-state index contributed by atoms with van der Waals surface area (Å²) in [5, 5.41) is 4.40. The Labute approximate surface area is 217 Å². The lowest BCUT2D eigenvalue weighted by Crippen LogP contribution is -2.37. The number of hydrogen-bond donors (Lipinski definition) is 1. The van der Waals surface area contributed by atoms with Crippen molar-refractivity contribution in [1.82, 2.24) is 15.0 Å². The minimum Gasteiger partial charge on any atom is -0.378 e. The van der Waals surface area contributed by atoms with Crippen LogP contribution in [0.4, 0.5) is 28.7 Å². The number of nitrogens with zero attached hydrogens (tertiary/aromatic N) is 6. The summed E-state index contributed by atoms with van der Waals surface area (Å²) >= 11 is 2.41. The standard InChI is InChI=1S/C26H24IN7O/c27-23-15-20(17-31-32-26-29-18-28-19-30-26)24(33-11-13-35-14-12-33)16-25(23)34(21-7-3-1-4-8-21)22-9-5-2-6-10-22/h1-10,15-19H,11-14H2,(H,28,29,30,32)/b31-17+. The van der Waals surface area contributed by atoms with Crippen LogP contribution in [0.3, 0.4) is 0 Å². The fourth-order valence-corrected chi connectivity index (χ4v) is 4.69. The second kappa shape index (κ2) is 11.2. The number of nitrogens with one attached hydrogen (secondary N) is 1. The highest BCUT2D eigenvalue weighted by Crippen LogP contribution is 2.40. The highest BCUT2D eigenvalue weighted by Gasteiger charge is 2.21. The van der Waals surface area contributed by atoms with Gasteiger partial charge in [-0.2, -0.15) is 15.1 Å². The van der Waals surface area contributed by atoms with E-state index in [0.717, 1.165) is 45.0 Å². The van der Waals surface area contributed by atoms with Gasteiger partial charge in [0, 0.05) is 39.3 Å². The Bertz CT molecular complexity index is 1230. The molecule has 0 unspecified atom stereocenters. The Morgan fingerprint density at radius 2 is 1.54 bits per heavy atom. The van der Waals surface area contributed by atoms with Gasteiger partial charge in [-0.25, -0.2) is 10.4 Å². The number of halogens is 1. The fourth-order valence-electron chi connectivity index (χ4n) is 3.96. The molecule has 3 aromatic carbocycles. The second-order valence-electron chi connectivity index (χ2n) is 7.80. The molecule has 0 radical (unpaired) electrons. The first-order valence-electron chi connectivity index (χ1n) is 11.3. The van der Waals surface area contributed by atoms with E-state index in [9.17, 15) is 0 Å². The van der Waals surface area contributed by atoms with E-state index in [2.05, 4.69) is 119 Å². The van der Waals surface area contributed by atoms with E-state index < -0.39 is 0 Å². The van der Waals surface area contributed by atoms with Gasteiger partial charge in [0.05, 0.1) is 25.1 Å². The number of morpholine rings is 1. The van der Waals surface area contributed by atoms with Gasteiger partial charge in [-0.15, -0.1) is 0 Å². The maximum Gasteiger partial charge on any atom is 0.246 e. The number of aromatic nitrogens is 3. The second-order valence-corrected chi connectivity index (χ2v) is 8.96. The minimum absolute atomic E-state index is 0.398. The molecule has 176 valence electrons. The summed E-state index contributed by atoms with van der Waals surface area (Å²) < 4.78 is 6.72. The largest absolute Gasteiger partial charge is 0.378 e. The third-order valence-electron chi connectivity index (χ3n) is 5.58. The molecule has 8 nitrogen and oxygen atoms in total. The molecule has 0 saturated carbocycles. The highest BCUT2D eigenvalue weighted by atomic mass is 127. The zero-order valence-corrected chi connectivity index (χ0v) is 21.1. The summed E-state index contributed by atoms with van der Waals surface area (Å²) in [6.45, 7) is 3.03. The smallest absolute Gasteiger partial charge is 0.246 e. The van der Waals surface area contributed by atoms with Crippen LogP contribution in [0.25, 0.3) is 0 Å². The van der Waals surface area contributed by atoms with Crippen molar-refractivity contribution in [3.8, 4) is 0 Å². The van der Waals surface area contributed by atoms with Crippen LogP contribution < -0.4 is 15.2 Å². The van der Waals surface area contributed by atoms with Gasteiger partial charge in [-0.3, -0.25) is 0 Å². The highest BCUT2D eigenvalue weighted by molar-refractivity contribution is 14.1. The molecule has 1 aliphatic rings. The Hall–Kier alpha value is -3.57. The maximum atomic E-state index is 5.62. The minimum atomic E-state index is 0.398. The van der Waals surface area contributed by atoms with Crippen molar-refractivity contribution in [3.05, 3.63) is 94.6 Å². The molecular weight excluding hydrogens is 553 g/mol. The predicted octanol–water partition coefficient (Wildman–Crippen LogP) is 5.23. The van der Waals surface area contributed by atoms with Crippen molar-refractivity contribution in [2.75, 3.05) is 41.5 Å². The van der Waals surface area contributed by atoms with Crippen molar-refractivity contribution < 1.29 is 4.74 Å². The molecule has 1 N–H and O–H groups in total. The number of para-hydroxylation sites is 2. The monoisotopic (exact) mass is 577 g/mol. The first-order chi connectivity index (χ1) is 17.3. The van der Waals surface area contributed by atoms with Gasteiger partial charge in [0.1, 0.15) is 12.7 Å². The Morgan fingerprint density at radius 3 is 2.17 bits per heavy atom. The summed E-state index contributed by atoms with van der Waals surface area (Å²) in [6.07, 6.45) is 4.68. The Kier molecular flexibility index (Phi) is 7.44. The topological polar surface area (TPSA) is 78.8 Å². The molecule has 0 aliphatic carbocycles. The molecule has 0 spiro atoms. The van der Waals surface area contributed by atoms with E-state index in [4.69, 9.17) is 4.74 Å². The van der Waals surface area contributed by atoms with Crippen LogP contribution in [0, 0.1) is 3.57 Å². The first kappa shape index (κ1) is 23.2. The molecule has 5 rings (SSSR count). The van der Waals surface area contributed by atoms with Crippen LogP contribution in [0.2, 0.25) is 0 Å². The molecule has 35 heavy (non-hydrogen) atoms. The number of rotatable bonds is 7. The van der Waals surface area contributed by atoms with E-state index in [1.165, 1.54) is 12.7 Å². The summed E-state index contributed by atoms with van der Waals surface area (Å²) in [6, 6.07) is 25.3. The van der Waals surface area contributed by atoms with E-state index in [0.29, 0.717) is 19.2 Å². The van der Waals surface area contributed by atoms with Gasteiger partial charge in [0.2, 0.25) is 5.95 Å².